The number of hydrogen-bond donors (Lipinski definition) is 2. The fourth-order valence-electron chi connectivity index (χ4n) is 2.14. The Bertz CT molecular complexity index is 603. The Balaban J connectivity index is 2.07. The van der Waals surface area contributed by atoms with E-state index < -0.39 is 27.3 Å². The van der Waals surface area contributed by atoms with E-state index >= 15 is 0 Å². The van der Waals surface area contributed by atoms with E-state index in [9.17, 15) is 13.2 Å². The summed E-state index contributed by atoms with van der Waals surface area (Å²) in [4.78, 5) is 14.6. The van der Waals surface area contributed by atoms with Crippen LogP contribution in [-0.4, -0.2) is 52.8 Å². The van der Waals surface area contributed by atoms with Crippen molar-refractivity contribution >= 4 is 16.0 Å². The van der Waals surface area contributed by atoms with Crippen molar-refractivity contribution in [2.75, 3.05) is 18.8 Å². The molecule has 0 atom stereocenters. The molecule has 0 unspecified atom stereocenters. The van der Waals surface area contributed by atoms with Gasteiger partial charge in [0.15, 0.2) is 11.6 Å². The number of carboxylic acids is 1. The zero-order chi connectivity index (χ0) is 15.0. The fraction of sp³-hybridized carbons (Fsp3) is 0.700. The van der Waals surface area contributed by atoms with Gasteiger partial charge in [-0.2, -0.15) is 4.98 Å². The smallest absolute Gasteiger partial charge is 0.320 e. The summed E-state index contributed by atoms with van der Waals surface area (Å²) < 4.78 is 29.6. The molecule has 1 aromatic heterocycles. The zero-order valence-electron chi connectivity index (χ0n) is 10.9. The van der Waals surface area contributed by atoms with Crippen molar-refractivity contribution in [1.82, 2.24) is 14.4 Å². The van der Waals surface area contributed by atoms with E-state index in [0.29, 0.717) is 24.6 Å². The van der Waals surface area contributed by atoms with Crippen molar-refractivity contribution in [2.24, 2.45) is 5.73 Å². The topological polar surface area (TPSA) is 140 Å². The van der Waals surface area contributed by atoms with Crippen LogP contribution in [0.1, 0.15) is 24.6 Å². The molecule has 0 bridgehead atoms. The van der Waals surface area contributed by atoms with Gasteiger partial charge in [0.2, 0.25) is 15.9 Å². The van der Waals surface area contributed by atoms with Crippen molar-refractivity contribution < 1.29 is 22.8 Å². The molecule has 0 aromatic carbocycles. The molecule has 3 N–H and O–H groups in total. The van der Waals surface area contributed by atoms with Gasteiger partial charge in [-0.3, -0.25) is 4.79 Å². The first-order valence-electron chi connectivity index (χ1n) is 6.02. The van der Waals surface area contributed by atoms with Gasteiger partial charge < -0.3 is 15.4 Å². The van der Waals surface area contributed by atoms with Gasteiger partial charge in [0.05, 0.1) is 5.54 Å². The SMILES string of the molecule is Cc1nc(C2(N)CCN(S(=O)(=O)CC(=O)O)CC2)no1. The summed E-state index contributed by atoms with van der Waals surface area (Å²) in [5.41, 5.74) is 5.34. The van der Waals surface area contributed by atoms with E-state index in [1.54, 1.807) is 6.92 Å². The summed E-state index contributed by atoms with van der Waals surface area (Å²) in [6, 6.07) is 0. The maximum Gasteiger partial charge on any atom is 0.320 e. The second kappa shape index (κ2) is 5.11. The molecule has 0 radical (unpaired) electrons. The van der Waals surface area contributed by atoms with Crippen molar-refractivity contribution in [1.29, 1.82) is 0 Å². The lowest BCUT2D eigenvalue weighted by Gasteiger charge is -2.36. The van der Waals surface area contributed by atoms with Gasteiger partial charge in [-0.05, 0) is 12.8 Å². The Labute approximate surface area is 115 Å². The highest BCUT2D eigenvalue weighted by atomic mass is 32.2. The Morgan fingerprint density at radius 3 is 2.55 bits per heavy atom. The fourth-order valence-corrected chi connectivity index (χ4v) is 3.37. The average Bonchev–Trinajstić information content (AvgIpc) is 2.75. The van der Waals surface area contributed by atoms with Gasteiger partial charge in [0, 0.05) is 20.0 Å². The van der Waals surface area contributed by atoms with E-state index in [2.05, 4.69) is 10.1 Å². The highest BCUT2D eigenvalue weighted by Gasteiger charge is 2.40. The Morgan fingerprint density at radius 2 is 2.10 bits per heavy atom. The molecule has 2 heterocycles. The predicted molar refractivity (Wildman–Crippen MR) is 67.1 cm³/mol. The first-order valence-corrected chi connectivity index (χ1v) is 7.63. The van der Waals surface area contributed by atoms with Gasteiger partial charge in [-0.15, -0.1) is 0 Å². The predicted octanol–water partition coefficient (Wildman–Crippen LogP) is -0.958. The second-order valence-electron chi connectivity index (χ2n) is 4.84. The number of sulfonamides is 1. The molecule has 1 aromatic rings. The van der Waals surface area contributed by atoms with Crippen LogP contribution in [-0.2, 0) is 20.4 Å². The molecule has 0 aliphatic carbocycles. The number of aromatic nitrogens is 2. The van der Waals surface area contributed by atoms with E-state index in [4.69, 9.17) is 15.4 Å². The van der Waals surface area contributed by atoms with Crippen LogP contribution in [0.3, 0.4) is 0 Å². The first kappa shape index (κ1) is 14.9. The molecule has 1 aliphatic rings. The summed E-state index contributed by atoms with van der Waals surface area (Å²) >= 11 is 0. The summed E-state index contributed by atoms with van der Waals surface area (Å²) in [7, 11) is -3.80. The zero-order valence-corrected chi connectivity index (χ0v) is 11.8. The number of rotatable bonds is 4. The minimum Gasteiger partial charge on any atom is -0.480 e. The van der Waals surface area contributed by atoms with E-state index in [0.717, 1.165) is 4.31 Å². The molecular formula is C10H16N4O5S. The number of aliphatic carboxylic acids is 1. The van der Waals surface area contributed by atoms with E-state index in [1.165, 1.54) is 0 Å². The lowest BCUT2D eigenvalue weighted by molar-refractivity contribution is -0.134. The molecule has 9 nitrogen and oxygen atoms in total. The summed E-state index contributed by atoms with van der Waals surface area (Å²) in [5.74, 6) is -1.54. The molecule has 0 spiro atoms. The second-order valence-corrected chi connectivity index (χ2v) is 6.81. The van der Waals surface area contributed by atoms with Crippen molar-refractivity contribution in [3.8, 4) is 0 Å². The molecule has 1 aliphatic heterocycles. The molecular weight excluding hydrogens is 288 g/mol. The average molecular weight is 304 g/mol. The molecule has 2 rings (SSSR count). The number of nitrogens with two attached hydrogens (primary N) is 1. The van der Waals surface area contributed by atoms with E-state index in [1.807, 2.05) is 0 Å². The number of carboxylic acid groups (broad SMARTS) is 1. The summed E-state index contributed by atoms with van der Waals surface area (Å²) in [5, 5.41) is 12.4. The van der Waals surface area contributed by atoms with Gasteiger partial charge in [-0.25, -0.2) is 12.7 Å². The van der Waals surface area contributed by atoms with Crippen molar-refractivity contribution in [3.63, 3.8) is 0 Å². The molecule has 20 heavy (non-hydrogen) atoms. The van der Waals surface area contributed by atoms with Gasteiger partial charge in [0.25, 0.3) is 0 Å². The third kappa shape index (κ3) is 2.97. The number of aryl methyl sites for hydroxylation is 1. The summed E-state index contributed by atoms with van der Waals surface area (Å²) in [6.07, 6.45) is 0.621. The normalized spacial score (nSPS) is 19.9. The minimum absolute atomic E-state index is 0.139. The maximum atomic E-state index is 11.8. The number of nitrogens with zero attached hydrogens (tertiary/aromatic N) is 3. The lowest BCUT2D eigenvalue weighted by atomic mass is 9.89. The van der Waals surface area contributed by atoms with Gasteiger partial charge >= 0.3 is 5.97 Å². The van der Waals surface area contributed by atoms with Crippen molar-refractivity contribution in [2.45, 2.75) is 25.3 Å². The Hall–Kier alpha value is -1.52. The molecule has 10 heteroatoms. The molecule has 1 saturated heterocycles. The highest BCUT2D eigenvalue weighted by Crippen LogP contribution is 2.29. The largest absolute Gasteiger partial charge is 0.480 e. The summed E-state index contributed by atoms with van der Waals surface area (Å²) in [6.45, 7) is 1.92. The third-order valence-corrected chi connectivity index (χ3v) is 5.05. The molecule has 0 saturated carbocycles. The van der Waals surface area contributed by atoms with Crippen LogP contribution in [0.15, 0.2) is 4.52 Å². The molecule has 112 valence electrons. The molecule has 0 amide bonds. The van der Waals surface area contributed by atoms with Crippen LogP contribution in [0.4, 0.5) is 0 Å². The van der Waals surface area contributed by atoms with Crippen LogP contribution in [0.5, 0.6) is 0 Å². The monoisotopic (exact) mass is 304 g/mol. The number of piperidine rings is 1. The lowest BCUT2D eigenvalue weighted by Crippen LogP contribution is -2.51. The minimum atomic E-state index is -3.80. The number of hydrogen-bond acceptors (Lipinski definition) is 7. The van der Waals surface area contributed by atoms with Gasteiger partial charge in [-0.1, -0.05) is 5.16 Å². The van der Waals surface area contributed by atoms with Crippen LogP contribution in [0.2, 0.25) is 0 Å². The Morgan fingerprint density at radius 1 is 1.50 bits per heavy atom. The van der Waals surface area contributed by atoms with Crippen LogP contribution in [0, 0.1) is 6.92 Å². The maximum absolute atomic E-state index is 11.8. The Kier molecular flexibility index (Phi) is 3.80. The van der Waals surface area contributed by atoms with Crippen molar-refractivity contribution in [3.05, 3.63) is 11.7 Å². The highest BCUT2D eigenvalue weighted by molar-refractivity contribution is 7.89. The van der Waals surface area contributed by atoms with Crippen LogP contribution < -0.4 is 5.73 Å². The molecule has 1 fully saturated rings. The first-order chi connectivity index (χ1) is 9.23. The third-order valence-electron chi connectivity index (χ3n) is 3.29. The standard InChI is InChI=1S/C10H16N4O5S/c1-7-12-9(13-19-7)10(11)2-4-14(5-3-10)20(17,18)6-8(15)16/h2-6,11H2,1H3,(H,15,16). The van der Waals surface area contributed by atoms with Crippen LogP contribution >= 0.6 is 0 Å². The number of carbonyl (C=O) groups is 1. The van der Waals surface area contributed by atoms with Gasteiger partial charge in [0.1, 0.15) is 0 Å². The quantitative estimate of drug-likeness (QED) is 0.725. The van der Waals surface area contributed by atoms with Crippen LogP contribution in [0.25, 0.3) is 0 Å². The van der Waals surface area contributed by atoms with E-state index in [-0.39, 0.29) is 13.1 Å².